The van der Waals surface area contributed by atoms with Gasteiger partial charge < -0.3 is 10.1 Å². The lowest BCUT2D eigenvalue weighted by atomic mass is 9.90. The fraction of sp³-hybridized carbons (Fsp3) is 0.625. The Kier molecular flexibility index (Phi) is 4.89. The van der Waals surface area contributed by atoms with Crippen molar-refractivity contribution in [3.05, 3.63) is 30.1 Å². The van der Waals surface area contributed by atoms with Gasteiger partial charge in [-0.3, -0.25) is 9.78 Å². The second-order valence-corrected chi connectivity index (χ2v) is 8.59. The van der Waals surface area contributed by atoms with Crippen LogP contribution in [0, 0.1) is 0 Å². The molecule has 2 aliphatic rings. The Labute approximate surface area is 142 Å². The molecule has 0 aromatic carbocycles. The molecule has 2 aliphatic heterocycles. The van der Waals surface area contributed by atoms with E-state index in [1.807, 2.05) is 0 Å². The van der Waals surface area contributed by atoms with E-state index in [0.29, 0.717) is 25.2 Å². The summed E-state index contributed by atoms with van der Waals surface area (Å²) < 4.78 is 31.1. The number of nitrogens with one attached hydrogen (secondary N) is 1. The van der Waals surface area contributed by atoms with E-state index in [1.54, 1.807) is 24.5 Å². The summed E-state index contributed by atoms with van der Waals surface area (Å²) in [5, 5.41) is 2.89. The molecule has 0 bridgehead atoms. The summed E-state index contributed by atoms with van der Waals surface area (Å²) in [5.74, 6) is -0.148. The van der Waals surface area contributed by atoms with Crippen LogP contribution in [0.3, 0.4) is 0 Å². The van der Waals surface area contributed by atoms with Crippen molar-refractivity contribution in [1.29, 1.82) is 0 Å². The summed E-state index contributed by atoms with van der Waals surface area (Å²) in [4.78, 5) is 16.0. The van der Waals surface area contributed by atoms with Crippen molar-refractivity contribution in [2.45, 2.75) is 37.4 Å². The second kappa shape index (κ2) is 6.78. The zero-order chi connectivity index (χ0) is 17.2. The molecule has 1 aromatic heterocycles. The van der Waals surface area contributed by atoms with Crippen LogP contribution in [0.25, 0.3) is 0 Å². The molecule has 2 fully saturated rings. The molecule has 7 nitrogen and oxygen atoms in total. The molecule has 3 rings (SSSR count). The van der Waals surface area contributed by atoms with Gasteiger partial charge in [0, 0.05) is 37.6 Å². The third-order valence-corrected chi connectivity index (χ3v) is 6.01. The first kappa shape index (κ1) is 17.3. The van der Waals surface area contributed by atoms with E-state index in [2.05, 4.69) is 10.3 Å². The average Bonchev–Trinajstić information content (AvgIpc) is 2.97. The van der Waals surface area contributed by atoms with Crippen LogP contribution in [0.15, 0.2) is 24.5 Å². The standard InChI is InChI=1S/C16H23N3O4S/c1-24(21,22)19-10-7-16(12-19)6-2-3-14(23-16)11-18-15(20)13-4-8-17-9-5-13/h4-5,8-9,14H,2-3,6-7,10-12H2,1H3,(H,18,20)/t14-,16-/m1/s1. The Morgan fingerprint density at radius 1 is 1.42 bits per heavy atom. The van der Waals surface area contributed by atoms with Gasteiger partial charge in [-0.15, -0.1) is 0 Å². The van der Waals surface area contributed by atoms with Gasteiger partial charge in [0.25, 0.3) is 5.91 Å². The first-order valence-corrected chi connectivity index (χ1v) is 10.0. The number of hydrogen-bond acceptors (Lipinski definition) is 5. The Morgan fingerprint density at radius 2 is 2.17 bits per heavy atom. The highest BCUT2D eigenvalue weighted by molar-refractivity contribution is 7.88. The summed E-state index contributed by atoms with van der Waals surface area (Å²) >= 11 is 0. The molecule has 0 saturated carbocycles. The quantitative estimate of drug-likeness (QED) is 0.864. The number of sulfonamides is 1. The van der Waals surface area contributed by atoms with Crippen molar-refractivity contribution >= 4 is 15.9 Å². The highest BCUT2D eigenvalue weighted by Gasteiger charge is 2.45. The van der Waals surface area contributed by atoms with E-state index < -0.39 is 15.6 Å². The molecule has 2 saturated heterocycles. The number of aromatic nitrogens is 1. The number of carbonyl (C=O) groups is 1. The highest BCUT2D eigenvalue weighted by Crippen LogP contribution is 2.37. The average molecular weight is 353 g/mol. The third kappa shape index (κ3) is 3.93. The summed E-state index contributed by atoms with van der Waals surface area (Å²) in [7, 11) is -3.18. The van der Waals surface area contributed by atoms with E-state index in [0.717, 1.165) is 25.7 Å². The minimum Gasteiger partial charge on any atom is -0.369 e. The third-order valence-electron chi connectivity index (χ3n) is 4.76. The molecule has 0 aliphatic carbocycles. The van der Waals surface area contributed by atoms with Crippen molar-refractivity contribution in [2.24, 2.45) is 0 Å². The number of pyridine rings is 1. The molecular weight excluding hydrogens is 330 g/mol. The first-order chi connectivity index (χ1) is 11.4. The highest BCUT2D eigenvalue weighted by atomic mass is 32.2. The Hall–Kier alpha value is -1.51. The van der Waals surface area contributed by atoms with Gasteiger partial charge in [0.15, 0.2) is 0 Å². The van der Waals surface area contributed by atoms with Gasteiger partial charge in [0.1, 0.15) is 0 Å². The summed E-state index contributed by atoms with van der Waals surface area (Å²) in [6, 6.07) is 3.33. The summed E-state index contributed by atoms with van der Waals surface area (Å²) in [5.41, 5.74) is 0.174. The molecule has 1 N–H and O–H groups in total. The topological polar surface area (TPSA) is 88.6 Å². The van der Waals surface area contributed by atoms with Crippen LogP contribution in [0.5, 0.6) is 0 Å². The molecule has 132 valence electrons. The monoisotopic (exact) mass is 353 g/mol. The van der Waals surface area contributed by atoms with Crippen molar-refractivity contribution < 1.29 is 17.9 Å². The van der Waals surface area contributed by atoms with Gasteiger partial charge >= 0.3 is 0 Å². The zero-order valence-corrected chi connectivity index (χ0v) is 14.6. The second-order valence-electron chi connectivity index (χ2n) is 6.61. The minimum atomic E-state index is -3.18. The van der Waals surface area contributed by atoms with Gasteiger partial charge in [-0.25, -0.2) is 8.42 Å². The van der Waals surface area contributed by atoms with Gasteiger partial charge in [0.2, 0.25) is 10.0 Å². The smallest absolute Gasteiger partial charge is 0.251 e. The maximum absolute atomic E-state index is 12.1. The molecule has 3 heterocycles. The molecule has 0 radical (unpaired) electrons. The number of ether oxygens (including phenoxy) is 1. The van der Waals surface area contributed by atoms with Crippen LogP contribution >= 0.6 is 0 Å². The van der Waals surface area contributed by atoms with E-state index in [-0.39, 0.29) is 12.0 Å². The Balaban J connectivity index is 1.56. The van der Waals surface area contributed by atoms with Crippen LogP contribution in [0.4, 0.5) is 0 Å². The van der Waals surface area contributed by atoms with Crippen molar-refractivity contribution in [2.75, 3.05) is 25.9 Å². The Bertz CT molecular complexity index is 695. The van der Waals surface area contributed by atoms with Crippen molar-refractivity contribution in [1.82, 2.24) is 14.6 Å². The molecule has 24 heavy (non-hydrogen) atoms. The van der Waals surface area contributed by atoms with Crippen molar-refractivity contribution in [3.63, 3.8) is 0 Å². The largest absolute Gasteiger partial charge is 0.369 e. The summed E-state index contributed by atoms with van der Waals surface area (Å²) in [6.07, 6.45) is 7.76. The normalized spacial score (nSPS) is 28.1. The van der Waals surface area contributed by atoms with Crippen LogP contribution in [0.2, 0.25) is 0 Å². The van der Waals surface area contributed by atoms with Crippen LogP contribution in [0.1, 0.15) is 36.0 Å². The maximum Gasteiger partial charge on any atom is 0.251 e. The fourth-order valence-corrected chi connectivity index (χ4v) is 4.36. The zero-order valence-electron chi connectivity index (χ0n) is 13.8. The van der Waals surface area contributed by atoms with E-state index in [1.165, 1.54) is 10.6 Å². The first-order valence-electron chi connectivity index (χ1n) is 8.19. The van der Waals surface area contributed by atoms with E-state index >= 15 is 0 Å². The fourth-order valence-electron chi connectivity index (χ4n) is 3.47. The van der Waals surface area contributed by atoms with Gasteiger partial charge in [0.05, 0.1) is 18.0 Å². The molecular formula is C16H23N3O4S. The summed E-state index contributed by atoms with van der Waals surface area (Å²) in [6.45, 7) is 1.36. The number of hydrogen-bond donors (Lipinski definition) is 1. The van der Waals surface area contributed by atoms with Crippen LogP contribution in [-0.4, -0.2) is 61.2 Å². The maximum atomic E-state index is 12.1. The Morgan fingerprint density at radius 3 is 2.83 bits per heavy atom. The predicted octanol–water partition coefficient (Wildman–Crippen LogP) is 0.785. The number of nitrogens with zero attached hydrogens (tertiary/aromatic N) is 2. The van der Waals surface area contributed by atoms with Gasteiger partial charge in [-0.2, -0.15) is 4.31 Å². The molecule has 1 amide bonds. The van der Waals surface area contributed by atoms with Crippen LogP contribution in [-0.2, 0) is 14.8 Å². The number of rotatable bonds is 4. The van der Waals surface area contributed by atoms with Crippen molar-refractivity contribution in [3.8, 4) is 0 Å². The predicted molar refractivity (Wildman–Crippen MR) is 89.1 cm³/mol. The number of amides is 1. The SMILES string of the molecule is CS(=O)(=O)N1CC[C@]2(CCC[C@H](CNC(=O)c3ccncc3)O2)C1. The molecule has 1 spiro atoms. The van der Waals surface area contributed by atoms with Gasteiger partial charge in [-0.1, -0.05) is 0 Å². The lowest BCUT2D eigenvalue weighted by Gasteiger charge is -2.38. The lowest BCUT2D eigenvalue weighted by molar-refractivity contribution is -0.116. The molecule has 2 atom stereocenters. The molecule has 1 aromatic rings. The van der Waals surface area contributed by atoms with E-state index in [4.69, 9.17) is 4.74 Å². The van der Waals surface area contributed by atoms with E-state index in [9.17, 15) is 13.2 Å². The minimum absolute atomic E-state index is 0.0796. The molecule has 8 heteroatoms. The lowest BCUT2D eigenvalue weighted by Crippen LogP contribution is -2.47. The number of carbonyl (C=O) groups excluding carboxylic acids is 1. The van der Waals surface area contributed by atoms with Crippen LogP contribution < -0.4 is 5.32 Å². The van der Waals surface area contributed by atoms with Gasteiger partial charge in [-0.05, 0) is 37.8 Å². The molecule has 0 unspecified atom stereocenters.